The number of carboxylic acid groups (broad SMARTS) is 1. The van der Waals surface area contributed by atoms with Gasteiger partial charge in [0.25, 0.3) is 0 Å². The minimum atomic E-state index is -5.08. The number of primary amides is 1. The molecule has 13 heavy (non-hydrogen) atoms. The summed E-state index contributed by atoms with van der Waals surface area (Å²) in [7, 11) is 3.20. The first-order valence-corrected chi connectivity index (χ1v) is 2.86. The maximum atomic E-state index is 10.6. The zero-order chi connectivity index (χ0) is 11.2. The van der Waals surface area contributed by atoms with Crippen LogP contribution < -0.4 is 5.73 Å². The largest absolute Gasteiger partial charge is 0.490 e. The van der Waals surface area contributed by atoms with E-state index in [0.717, 1.165) is 0 Å². The van der Waals surface area contributed by atoms with Crippen molar-refractivity contribution in [3.05, 3.63) is 0 Å². The topological polar surface area (TPSA) is 83.6 Å². The van der Waals surface area contributed by atoms with Crippen LogP contribution in [-0.2, 0) is 4.79 Å². The molecule has 2 amide bonds. The molecule has 0 atom stereocenters. The van der Waals surface area contributed by atoms with Crippen LogP contribution in [0.3, 0.4) is 0 Å². The first kappa shape index (κ1) is 14.1. The van der Waals surface area contributed by atoms with Gasteiger partial charge in [-0.1, -0.05) is 0 Å². The van der Waals surface area contributed by atoms with Crippen LogP contribution in [-0.4, -0.2) is 42.3 Å². The Morgan fingerprint density at radius 1 is 1.31 bits per heavy atom. The van der Waals surface area contributed by atoms with Gasteiger partial charge in [-0.25, -0.2) is 9.59 Å². The number of carboxylic acids is 1. The minimum absolute atomic E-state index is 0.407. The van der Waals surface area contributed by atoms with Crippen LogP contribution in [0, 0.1) is 0 Å². The van der Waals surface area contributed by atoms with Crippen molar-refractivity contribution in [3.63, 3.8) is 0 Å². The Kier molecular flexibility index (Phi) is 5.66. The number of alkyl halides is 3. The average molecular weight is 202 g/mol. The van der Waals surface area contributed by atoms with Gasteiger partial charge in [0.15, 0.2) is 0 Å². The number of carbonyl (C=O) groups excluding carboxylic acids is 1. The first-order chi connectivity index (χ1) is 5.59. The quantitative estimate of drug-likeness (QED) is 0.590. The maximum absolute atomic E-state index is 10.6. The summed E-state index contributed by atoms with van der Waals surface area (Å²) in [6.07, 6.45) is -5.08. The fraction of sp³-hybridized carbons (Fsp3) is 0.600. The molecule has 8 heteroatoms. The van der Waals surface area contributed by atoms with Gasteiger partial charge in [-0.3, -0.25) is 0 Å². The third-order valence-corrected chi connectivity index (χ3v) is 0.683. The Morgan fingerprint density at radius 2 is 1.46 bits per heavy atom. The van der Waals surface area contributed by atoms with Gasteiger partial charge in [-0.05, 0) is 0 Å². The zero-order valence-electron chi connectivity index (χ0n) is 6.92. The number of hydrogen-bond acceptors (Lipinski definition) is 2. The number of aliphatic carboxylic acids is 1. The fourth-order valence-electron chi connectivity index (χ4n) is 0. The van der Waals surface area contributed by atoms with Crippen LogP contribution in [0.1, 0.15) is 0 Å². The summed E-state index contributed by atoms with van der Waals surface area (Å²) in [6.45, 7) is 0. The van der Waals surface area contributed by atoms with E-state index in [-0.39, 0.29) is 0 Å². The molecule has 0 saturated carbocycles. The van der Waals surface area contributed by atoms with E-state index >= 15 is 0 Å². The average Bonchev–Trinajstić information content (AvgIpc) is 1.86. The van der Waals surface area contributed by atoms with Gasteiger partial charge < -0.3 is 15.7 Å². The van der Waals surface area contributed by atoms with Crippen LogP contribution in [0.15, 0.2) is 0 Å². The molecule has 0 aliphatic rings. The number of rotatable bonds is 0. The van der Waals surface area contributed by atoms with E-state index in [9.17, 15) is 18.0 Å². The number of hydrogen-bond donors (Lipinski definition) is 2. The number of urea groups is 1. The van der Waals surface area contributed by atoms with E-state index in [1.807, 2.05) is 0 Å². The van der Waals surface area contributed by atoms with E-state index in [1.165, 1.54) is 4.90 Å². The Hall–Kier alpha value is -1.47. The molecule has 78 valence electrons. The molecule has 0 saturated heterocycles. The Bertz CT molecular complexity index is 190. The molecule has 0 spiro atoms. The Labute approximate surface area is 71.9 Å². The lowest BCUT2D eigenvalue weighted by Crippen LogP contribution is -2.27. The second kappa shape index (κ2) is 5.22. The molecule has 0 aliphatic heterocycles. The third-order valence-electron chi connectivity index (χ3n) is 0.683. The highest BCUT2D eigenvalue weighted by Gasteiger charge is 2.38. The summed E-state index contributed by atoms with van der Waals surface area (Å²) >= 11 is 0. The molecule has 0 rings (SSSR count). The fourth-order valence-corrected chi connectivity index (χ4v) is 0. The van der Waals surface area contributed by atoms with Crippen LogP contribution in [0.5, 0.6) is 0 Å². The number of carbonyl (C=O) groups is 2. The molecular weight excluding hydrogens is 193 g/mol. The summed E-state index contributed by atoms with van der Waals surface area (Å²) < 4.78 is 31.7. The summed E-state index contributed by atoms with van der Waals surface area (Å²) in [5.41, 5.74) is 4.72. The van der Waals surface area contributed by atoms with Gasteiger partial charge in [0.1, 0.15) is 0 Å². The predicted octanol–water partition coefficient (Wildman–Crippen LogP) is 0.260. The predicted molar refractivity (Wildman–Crippen MR) is 37.0 cm³/mol. The van der Waals surface area contributed by atoms with Crippen molar-refractivity contribution >= 4 is 12.0 Å². The molecule has 0 aliphatic carbocycles. The summed E-state index contributed by atoms with van der Waals surface area (Å²) in [5, 5.41) is 7.12. The molecule has 5 nitrogen and oxygen atoms in total. The van der Waals surface area contributed by atoms with E-state index in [4.69, 9.17) is 15.6 Å². The molecule has 0 aromatic rings. The van der Waals surface area contributed by atoms with E-state index in [1.54, 1.807) is 14.1 Å². The first-order valence-electron chi connectivity index (χ1n) is 2.86. The molecule has 0 aromatic carbocycles. The summed E-state index contributed by atoms with van der Waals surface area (Å²) in [4.78, 5) is 20.0. The van der Waals surface area contributed by atoms with Crippen LogP contribution >= 0.6 is 0 Å². The molecular formula is C5H9F3N2O3. The zero-order valence-corrected chi connectivity index (χ0v) is 6.92. The molecule has 3 N–H and O–H groups in total. The molecule has 0 fully saturated rings. The molecule has 0 aromatic heterocycles. The SMILES string of the molecule is CN(C)C(N)=O.O=C(O)C(F)(F)F. The monoisotopic (exact) mass is 202 g/mol. The highest BCUT2D eigenvalue weighted by molar-refractivity contribution is 5.73. The van der Waals surface area contributed by atoms with Crippen molar-refractivity contribution in [1.82, 2.24) is 4.90 Å². The maximum Gasteiger partial charge on any atom is 0.490 e. The highest BCUT2D eigenvalue weighted by atomic mass is 19.4. The van der Waals surface area contributed by atoms with Crippen LogP contribution in [0.2, 0.25) is 0 Å². The number of amides is 2. The Balaban J connectivity index is 0. The van der Waals surface area contributed by atoms with Crippen molar-refractivity contribution < 1.29 is 27.9 Å². The lowest BCUT2D eigenvalue weighted by atomic mass is 10.7. The van der Waals surface area contributed by atoms with Crippen molar-refractivity contribution in [1.29, 1.82) is 0 Å². The second-order valence-electron chi connectivity index (χ2n) is 2.04. The van der Waals surface area contributed by atoms with Gasteiger partial charge in [-0.2, -0.15) is 13.2 Å². The molecule has 0 heterocycles. The smallest absolute Gasteiger partial charge is 0.475 e. The van der Waals surface area contributed by atoms with Gasteiger partial charge in [-0.15, -0.1) is 0 Å². The van der Waals surface area contributed by atoms with Crippen LogP contribution in [0.25, 0.3) is 0 Å². The summed E-state index contributed by atoms with van der Waals surface area (Å²) in [6, 6.07) is -0.407. The van der Waals surface area contributed by atoms with Crippen LogP contribution in [0.4, 0.5) is 18.0 Å². The summed E-state index contributed by atoms with van der Waals surface area (Å²) in [5.74, 6) is -2.76. The van der Waals surface area contributed by atoms with Gasteiger partial charge in [0, 0.05) is 14.1 Å². The van der Waals surface area contributed by atoms with Crippen molar-refractivity contribution in [2.75, 3.05) is 14.1 Å². The second-order valence-corrected chi connectivity index (χ2v) is 2.04. The number of halogens is 3. The van der Waals surface area contributed by atoms with E-state index in [2.05, 4.69) is 0 Å². The van der Waals surface area contributed by atoms with E-state index in [0.29, 0.717) is 0 Å². The van der Waals surface area contributed by atoms with E-state index < -0.39 is 18.2 Å². The molecule has 0 bridgehead atoms. The van der Waals surface area contributed by atoms with Crippen molar-refractivity contribution in [2.45, 2.75) is 6.18 Å². The normalized spacial score (nSPS) is 9.62. The number of nitrogens with two attached hydrogens (primary N) is 1. The third kappa shape index (κ3) is 10.5. The minimum Gasteiger partial charge on any atom is -0.475 e. The lowest BCUT2D eigenvalue weighted by Gasteiger charge is -2.01. The number of nitrogens with zero attached hydrogens (tertiary/aromatic N) is 1. The highest BCUT2D eigenvalue weighted by Crippen LogP contribution is 2.13. The van der Waals surface area contributed by atoms with Crippen molar-refractivity contribution in [2.24, 2.45) is 5.73 Å². The molecule has 0 radical (unpaired) electrons. The van der Waals surface area contributed by atoms with Crippen molar-refractivity contribution in [3.8, 4) is 0 Å². The van der Waals surface area contributed by atoms with Gasteiger partial charge >= 0.3 is 18.2 Å². The lowest BCUT2D eigenvalue weighted by molar-refractivity contribution is -0.192. The van der Waals surface area contributed by atoms with Gasteiger partial charge in [0.2, 0.25) is 0 Å². The van der Waals surface area contributed by atoms with Gasteiger partial charge in [0.05, 0.1) is 0 Å². The molecule has 0 unspecified atom stereocenters. The Morgan fingerprint density at radius 3 is 1.46 bits per heavy atom. The standard InChI is InChI=1S/C3H8N2O.C2HF3O2/c1-5(2)3(4)6;3-2(4,5)1(6)7/h1-2H3,(H2,4,6);(H,6,7).